The van der Waals surface area contributed by atoms with E-state index < -0.39 is 0 Å². The highest BCUT2D eigenvalue weighted by Crippen LogP contribution is 2.34. The minimum Gasteiger partial charge on any atom is -0.504 e. The van der Waals surface area contributed by atoms with Crippen molar-refractivity contribution in [3.63, 3.8) is 0 Å². The smallest absolute Gasteiger partial charge is 0.245 e. The Morgan fingerprint density at radius 1 is 1.27 bits per heavy atom. The van der Waals surface area contributed by atoms with E-state index in [0.29, 0.717) is 17.7 Å². The zero-order valence-corrected chi connectivity index (χ0v) is 12.1. The van der Waals surface area contributed by atoms with Gasteiger partial charge in [-0.1, -0.05) is 30.3 Å². The van der Waals surface area contributed by atoms with E-state index >= 15 is 0 Å². The molecule has 1 amide bonds. The molecular formula is C17H16N2O3. The molecule has 5 nitrogen and oxygen atoms in total. The van der Waals surface area contributed by atoms with Crippen molar-refractivity contribution in [1.29, 1.82) is 0 Å². The maximum atomic E-state index is 11.7. The molecule has 2 aromatic rings. The Hall–Kier alpha value is -2.82. The second-order valence-electron chi connectivity index (χ2n) is 5.04. The highest BCUT2D eigenvalue weighted by molar-refractivity contribution is 5.86. The number of hydrogen-bond donors (Lipinski definition) is 1. The first kappa shape index (κ1) is 14.1. The molecule has 5 heteroatoms. The molecule has 0 bridgehead atoms. The summed E-state index contributed by atoms with van der Waals surface area (Å²) in [5, 5.41) is 15.5. The Kier molecular flexibility index (Phi) is 3.78. The highest BCUT2D eigenvalue weighted by atomic mass is 16.5. The number of hydrazone groups is 1. The lowest BCUT2D eigenvalue weighted by molar-refractivity contribution is -0.146. The van der Waals surface area contributed by atoms with Gasteiger partial charge in [0.05, 0.1) is 25.8 Å². The van der Waals surface area contributed by atoms with Crippen LogP contribution in [-0.2, 0) is 4.79 Å². The number of nitrogens with zero attached hydrogens (tertiary/aromatic N) is 2. The molecule has 0 spiro atoms. The predicted molar refractivity (Wildman–Crippen MR) is 82.9 cm³/mol. The van der Waals surface area contributed by atoms with E-state index in [1.165, 1.54) is 12.1 Å². The molecule has 22 heavy (non-hydrogen) atoms. The van der Waals surface area contributed by atoms with E-state index in [1.807, 2.05) is 30.3 Å². The Morgan fingerprint density at radius 3 is 2.68 bits per heavy atom. The van der Waals surface area contributed by atoms with Crippen LogP contribution in [0.4, 0.5) is 0 Å². The normalized spacial score (nSPS) is 17.6. The Morgan fingerprint density at radius 2 is 2.05 bits per heavy atom. The molecule has 1 heterocycles. The number of carbonyl (C=O) groups is 1. The Bertz CT molecular complexity index is 713. The molecule has 1 aliphatic heterocycles. The number of methoxy groups -OCH3 is 1. The van der Waals surface area contributed by atoms with Gasteiger partial charge in [-0.25, -0.2) is 5.01 Å². The van der Waals surface area contributed by atoms with Gasteiger partial charge in [0.15, 0.2) is 11.5 Å². The second-order valence-corrected chi connectivity index (χ2v) is 5.04. The topological polar surface area (TPSA) is 62.1 Å². The fourth-order valence-electron chi connectivity index (χ4n) is 2.40. The van der Waals surface area contributed by atoms with E-state index in [4.69, 9.17) is 4.74 Å². The first-order chi connectivity index (χ1) is 10.7. The van der Waals surface area contributed by atoms with E-state index in [0.717, 1.165) is 5.56 Å². The molecule has 0 radical (unpaired) electrons. The molecule has 0 unspecified atom stereocenters. The zero-order chi connectivity index (χ0) is 15.5. The largest absolute Gasteiger partial charge is 0.504 e. The maximum absolute atomic E-state index is 11.7. The zero-order valence-electron chi connectivity index (χ0n) is 12.1. The van der Waals surface area contributed by atoms with Crippen LogP contribution < -0.4 is 4.74 Å². The van der Waals surface area contributed by atoms with Crippen LogP contribution in [-0.4, -0.2) is 29.3 Å². The van der Waals surface area contributed by atoms with Crippen molar-refractivity contribution in [2.75, 3.05) is 7.11 Å². The SMILES string of the molecule is COc1ccc(/C=N\N2C(=O)C[C@H]2c2ccccc2)cc1O. The van der Waals surface area contributed by atoms with Crippen LogP contribution >= 0.6 is 0 Å². The number of aromatic hydroxyl groups is 1. The molecule has 1 fully saturated rings. The number of amides is 1. The van der Waals surface area contributed by atoms with Gasteiger partial charge in [0.1, 0.15) is 0 Å². The number of benzene rings is 2. The summed E-state index contributed by atoms with van der Waals surface area (Å²) in [7, 11) is 1.49. The number of hydrogen-bond acceptors (Lipinski definition) is 4. The molecule has 0 aromatic heterocycles. The summed E-state index contributed by atoms with van der Waals surface area (Å²) in [4.78, 5) is 11.7. The summed E-state index contributed by atoms with van der Waals surface area (Å²) in [6.45, 7) is 0. The van der Waals surface area contributed by atoms with Gasteiger partial charge in [0, 0.05) is 0 Å². The van der Waals surface area contributed by atoms with Crippen molar-refractivity contribution in [1.82, 2.24) is 5.01 Å². The monoisotopic (exact) mass is 296 g/mol. The van der Waals surface area contributed by atoms with Gasteiger partial charge >= 0.3 is 0 Å². The standard InChI is InChI=1S/C17H16N2O3/c1-22-16-8-7-12(9-15(16)20)11-18-19-14(10-17(19)21)13-5-3-2-4-6-13/h2-9,11,14,20H,10H2,1H3/b18-11-/t14-/m0/s1. The third kappa shape index (κ3) is 2.65. The van der Waals surface area contributed by atoms with Crippen LogP contribution in [0.25, 0.3) is 0 Å². The van der Waals surface area contributed by atoms with E-state index in [-0.39, 0.29) is 17.7 Å². The molecule has 0 aliphatic carbocycles. The van der Waals surface area contributed by atoms with Crippen LogP contribution in [0.1, 0.15) is 23.6 Å². The molecule has 2 aromatic carbocycles. The Labute approximate surface area is 128 Å². The number of phenols is 1. The Balaban J connectivity index is 1.76. The minimum absolute atomic E-state index is 0.0113. The van der Waals surface area contributed by atoms with Crippen molar-refractivity contribution >= 4 is 12.1 Å². The quantitative estimate of drug-likeness (QED) is 0.697. The highest BCUT2D eigenvalue weighted by Gasteiger charge is 2.37. The van der Waals surface area contributed by atoms with Gasteiger partial charge in [0.2, 0.25) is 5.91 Å². The third-order valence-electron chi connectivity index (χ3n) is 3.64. The van der Waals surface area contributed by atoms with Crippen LogP contribution in [0.3, 0.4) is 0 Å². The summed E-state index contributed by atoms with van der Waals surface area (Å²) in [5.41, 5.74) is 1.77. The number of carbonyl (C=O) groups excluding carboxylic acids is 1. The third-order valence-corrected chi connectivity index (χ3v) is 3.64. The number of ether oxygens (including phenoxy) is 1. The second kappa shape index (κ2) is 5.89. The van der Waals surface area contributed by atoms with Gasteiger partial charge in [-0.2, -0.15) is 5.10 Å². The molecule has 1 saturated heterocycles. The van der Waals surface area contributed by atoms with Gasteiger partial charge in [-0.3, -0.25) is 4.79 Å². The van der Waals surface area contributed by atoms with Crippen molar-refractivity contribution in [2.45, 2.75) is 12.5 Å². The fourth-order valence-corrected chi connectivity index (χ4v) is 2.40. The summed E-state index contributed by atoms with van der Waals surface area (Å²) in [6, 6.07) is 14.8. The maximum Gasteiger partial charge on any atom is 0.245 e. The number of phenolic OH excluding ortho intramolecular Hbond substituents is 1. The van der Waals surface area contributed by atoms with E-state index in [1.54, 1.807) is 24.4 Å². The molecule has 1 aliphatic rings. The van der Waals surface area contributed by atoms with Crippen LogP contribution in [0.15, 0.2) is 53.6 Å². The summed E-state index contributed by atoms with van der Waals surface area (Å²) in [6.07, 6.45) is 2.03. The van der Waals surface area contributed by atoms with E-state index in [9.17, 15) is 9.90 Å². The molecular weight excluding hydrogens is 280 g/mol. The minimum atomic E-state index is -0.0169. The average molecular weight is 296 g/mol. The molecule has 1 atom stereocenters. The van der Waals surface area contributed by atoms with Crippen molar-refractivity contribution in [2.24, 2.45) is 5.10 Å². The first-order valence-corrected chi connectivity index (χ1v) is 6.97. The lowest BCUT2D eigenvalue weighted by Gasteiger charge is -2.36. The molecule has 112 valence electrons. The number of rotatable bonds is 4. The van der Waals surface area contributed by atoms with Gasteiger partial charge in [0.25, 0.3) is 0 Å². The molecule has 1 N–H and O–H groups in total. The van der Waals surface area contributed by atoms with Gasteiger partial charge in [-0.15, -0.1) is 0 Å². The van der Waals surface area contributed by atoms with Gasteiger partial charge in [-0.05, 0) is 29.3 Å². The van der Waals surface area contributed by atoms with E-state index in [2.05, 4.69) is 5.10 Å². The summed E-state index contributed by atoms with van der Waals surface area (Å²) in [5.74, 6) is 0.433. The predicted octanol–water partition coefficient (Wildman–Crippen LogP) is 2.71. The molecule has 0 saturated carbocycles. The first-order valence-electron chi connectivity index (χ1n) is 6.97. The van der Waals surface area contributed by atoms with Crippen molar-refractivity contribution in [3.8, 4) is 11.5 Å². The summed E-state index contributed by atoms with van der Waals surface area (Å²) < 4.78 is 4.99. The average Bonchev–Trinajstić information content (AvgIpc) is 2.53. The fraction of sp³-hybridized carbons (Fsp3) is 0.176. The van der Waals surface area contributed by atoms with Crippen LogP contribution in [0.2, 0.25) is 0 Å². The summed E-state index contributed by atoms with van der Waals surface area (Å²) >= 11 is 0. The van der Waals surface area contributed by atoms with Gasteiger partial charge < -0.3 is 9.84 Å². The lowest BCUT2D eigenvalue weighted by Crippen LogP contribution is -2.42. The molecule has 3 rings (SSSR count). The van der Waals surface area contributed by atoms with Crippen molar-refractivity contribution in [3.05, 3.63) is 59.7 Å². The number of β-lactam (4-membered cyclic amide) rings is 1. The van der Waals surface area contributed by atoms with Crippen LogP contribution in [0, 0.1) is 0 Å². The lowest BCUT2D eigenvalue weighted by atomic mass is 9.96. The van der Waals surface area contributed by atoms with Crippen LogP contribution in [0.5, 0.6) is 11.5 Å². The van der Waals surface area contributed by atoms with Crippen molar-refractivity contribution < 1.29 is 14.6 Å².